The minimum absolute atomic E-state index is 0.200. The first-order chi connectivity index (χ1) is 18.0. The van der Waals surface area contributed by atoms with Gasteiger partial charge in [0.2, 0.25) is 0 Å². The Balaban J connectivity index is 1.10. The molecule has 8 nitrogen and oxygen atoms in total. The van der Waals surface area contributed by atoms with Gasteiger partial charge in [-0.2, -0.15) is 0 Å². The summed E-state index contributed by atoms with van der Waals surface area (Å²) >= 11 is 0. The van der Waals surface area contributed by atoms with E-state index in [0.29, 0.717) is 23.5 Å². The number of rotatable bonds is 8. The molecule has 0 radical (unpaired) electrons. The van der Waals surface area contributed by atoms with E-state index in [9.17, 15) is 9.59 Å². The Kier molecular flexibility index (Phi) is 7.62. The van der Waals surface area contributed by atoms with E-state index in [1.54, 1.807) is 36.4 Å². The molecule has 0 aliphatic carbocycles. The summed E-state index contributed by atoms with van der Waals surface area (Å²) < 4.78 is 22.6. The Labute approximate surface area is 214 Å². The Morgan fingerprint density at radius 1 is 0.730 bits per heavy atom. The molecule has 0 aromatic heterocycles. The van der Waals surface area contributed by atoms with Crippen LogP contribution in [-0.4, -0.2) is 49.6 Å². The first-order valence-electron chi connectivity index (χ1n) is 12.1. The van der Waals surface area contributed by atoms with Crippen LogP contribution in [0.5, 0.6) is 5.75 Å². The van der Waals surface area contributed by atoms with Gasteiger partial charge in [0.25, 0.3) is 0 Å². The SMILES string of the molecule is Cc1ccc(COOC2COC3C(OC(=O)c4ccc(OC(=O)c5ccc(C)cc5)cc4)COC23)cc1. The molecule has 2 heterocycles. The average Bonchev–Trinajstić information content (AvgIpc) is 3.49. The van der Waals surface area contributed by atoms with Crippen LogP contribution in [0.3, 0.4) is 0 Å². The highest BCUT2D eigenvalue weighted by atomic mass is 17.2. The van der Waals surface area contributed by atoms with Gasteiger partial charge < -0.3 is 18.9 Å². The molecule has 5 rings (SSSR count). The van der Waals surface area contributed by atoms with Gasteiger partial charge in [0, 0.05) is 0 Å². The highest BCUT2D eigenvalue weighted by Gasteiger charge is 2.50. The molecule has 0 N–H and O–H groups in total. The van der Waals surface area contributed by atoms with Crippen LogP contribution in [0.25, 0.3) is 0 Å². The standard InChI is InChI=1S/C29H28O8/c1-18-3-7-20(8-4-18)15-34-37-25-17-33-26-24(16-32-27(25)26)36-29(31)22-11-13-23(14-12-22)35-28(30)21-9-5-19(2)6-10-21/h3-14,24-27H,15-17H2,1-2H3. The number of benzene rings is 3. The van der Waals surface area contributed by atoms with Crippen molar-refractivity contribution in [3.63, 3.8) is 0 Å². The molecule has 3 aromatic rings. The van der Waals surface area contributed by atoms with Crippen LogP contribution in [-0.2, 0) is 30.6 Å². The van der Waals surface area contributed by atoms with Crippen LogP contribution < -0.4 is 4.74 Å². The number of ether oxygens (including phenoxy) is 4. The summed E-state index contributed by atoms with van der Waals surface area (Å²) in [6.07, 6.45) is -1.81. The third-order valence-electron chi connectivity index (χ3n) is 6.35. The summed E-state index contributed by atoms with van der Waals surface area (Å²) in [7, 11) is 0. The number of hydrogen-bond donors (Lipinski definition) is 0. The largest absolute Gasteiger partial charge is 0.453 e. The van der Waals surface area contributed by atoms with Crippen LogP contribution in [0.15, 0.2) is 72.8 Å². The molecule has 2 saturated heterocycles. The second kappa shape index (κ2) is 11.2. The molecule has 0 amide bonds. The molecule has 37 heavy (non-hydrogen) atoms. The van der Waals surface area contributed by atoms with E-state index in [-0.39, 0.29) is 19.3 Å². The zero-order valence-corrected chi connectivity index (χ0v) is 20.6. The topological polar surface area (TPSA) is 89.5 Å². The summed E-state index contributed by atoms with van der Waals surface area (Å²) in [5.74, 6) is -0.659. The molecule has 4 unspecified atom stereocenters. The molecule has 4 atom stereocenters. The van der Waals surface area contributed by atoms with Gasteiger partial charge in [-0.1, -0.05) is 47.5 Å². The molecule has 2 aliphatic heterocycles. The highest BCUT2D eigenvalue weighted by Crippen LogP contribution is 2.31. The van der Waals surface area contributed by atoms with Gasteiger partial charge in [0.1, 0.15) is 30.7 Å². The number of carbonyl (C=O) groups is 2. The Morgan fingerprint density at radius 2 is 1.27 bits per heavy atom. The van der Waals surface area contributed by atoms with Crippen LogP contribution in [0, 0.1) is 13.8 Å². The molecule has 2 fully saturated rings. The zero-order valence-electron chi connectivity index (χ0n) is 20.6. The summed E-state index contributed by atoms with van der Waals surface area (Å²) in [5.41, 5.74) is 4.00. The van der Waals surface area contributed by atoms with Gasteiger partial charge >= 0.3 is 11.9 Å². The number of esters is 2. The summed E-state index contributed by atoms with van der Waals surface area (Å²) in [6.45, 7) is 4.75. The molecular weight excluding hydrogens is 476 g/mol. The van der Waals surface area contributed by atoms with E-state index >= 15 is 0 Å². The maximum Gasteiger partial charge on any atom is 0.343 e. The van der Waals surface area contributed by atoms with Crippen molar-refractivity contribution in [2.75, 3.05) is 13.2 Å². The van der Waals surface area contributed by atoms with E-state index in [2.05, 4.69) is 0 Å². The number of aryl methyl sites for hydroxylation is 2. The van der Waals surface area contributed by atoms with Crippen molar-refractivity contribution in [3.05, 3.63) is 101 Å². The first-order valence-corrected chi connectivity index (χ1v) is 12.1. The molecule has 3 aromatic carbocycles. The smallest absolute Gasteiger partial charge is 0.343 e. The summed E-state index contributed by atoms with van der Waals surface area (Å²) in [5, 5.41) is 0. The average molecular weight is 505 g/mol. The van der Waals surface area contributed by atoms with Crippen LogP contribution >= 0.6 is 0 Å². The number of carbonyl (C=O) groups excluding carboxylic acids is 2. The minimum atomic E-state index is -0.567. The van der Waals surface area contributed by atoms with E-state index < -0.39 is 30.3 Å². The van der Waals surface area contributed by atoms with E-state index in [1.165, 1.54) is 5.56 Å². The molecular formula is C29H28O8. The Hall–Kier alpha value is -3.56. The first kappa shape index (κ1) is 25.1. The van der Waals surface area contributed by atoms with Crippen molar-refractivity contribution >= 4 is 11.9 Å². The van der Waals surface area contributed by atoms with Crippen molar-refractivity contribution in [2.45, 2.75) is 44.9 Å². The third-order valence-corrected chi connectivity index (χ3v) is 6.35. The van der Waals surface area contributed by atoms with Gasteiger partial charge in [-0.15, -0.1) is 0 Å². The van der Waals surface area contributed by atoms with E-state index in [0.717, 1.165) is 11.1 Å². The van der Waals surface area contributed by atoms with Crippen molar-refractivity contribution in [2.24, 2.45) is 0 Å². The fourth-order valence-electron chi connectivity index (χ4n) is 4.21. The van der Waals surface area contributed by atoms with Crippen molar-refractivity contribution in [3.8, 4) is 5.75 Å². The van der Waals surface area contributed by atoms with E-state index in [1.807, 2.05) is 50.2 Å². The second-order valence-electron chi connectivity index (χ2n) is 9.20. The summed E-state index contributed by atoms with van der Waals surface area (Å²) in [4.78, 5) is 36.0. The molecule has 192 valence electrons. The van der Waals surface area contributed by atoms with Crippen molar-refractivity contribution in [1.82, 2.24) is 0 Å². The highest BCUT2D eigenvalue weighted by molar-refractivity contribution is 5.92. The monoisotopic (exact) mass is 504 g/mol. The second-order valence-corrected chi connectivity index (χ2v) is 9.20. The molecule has 0 spiro atoms. The van der Waals surface area contributed by atoms with Gasteiger partial charge in [-0.05, 0) is 55.8 Å². The molecule has 0 bridgehead atoms. The molecule has 0 saturated carbocycles. The molecule has 2 aliphatic rings. The van der Waals surface area contributed by atoms with Crippen LogP contribution in [0.4, 0.5) is 0 Å². The Morgan fingerprint density at radius 3 is 1.95 bits per heavy atom. The minimum Gasteiger partial charge on any atom is -0.453 e. The third kappa shape index (κ3) is 6.06. The van der Waals surface area contributed by atoms with Crippen molar-refractivity contribution in [1.29, 1.82) is 0 Å². The predicted molar refractivity (Wildman–Crippen MR) is 132 cm³/mol. The zero-order chi connectivity index (χ0) is 25.8. The van der Waals surface area contributed by atoms with Crippen molar-refractivity contribution < 1.29 is 38.3 Å². The number of fused-ring (bicyclic) bond motifs is 1. The lowest BCUT2D eigenvalue weighted by molar-refractivity contribution is -0.341. The van der Waals surface area contributed by atoms with Gasteiger partial charge in [-0.25, -0.2) is 19.4 Å². The lowest BCUT2D eigenvalue weighted by Crippen LogP contribution is -2.35. The van der Waals surface area contributed by atoms with E-state index in [4.69, 9.17) is 28.7 Å². The quantitative estimate of drug-likeness (QED) is 0.194. The number of hydrogen-bond acceptors (Lipinski definition) is 8. The Bertz CT molecular complexity index is 1220. The lowest BCUT2D eigenvalue weighted by atomic mass is 10.1. The normalized spacial score (nSPS) is 22.4. The van der Waals surface area contributed by atoms with Crippen LogP contribution in [0.1, 0.15) is 37.4 Å². The van der Waals surface area contributed by atoms with Crippen LogP contribution in [0.2, 0.25) is 0 Å². The van der Waals surface area contributed by atoms with Gasteiger partial charge in [0.15, 0.2) is 6.10 Å². The van der Waals surface area contributed by atoms with Gasteiger partial charge in [-0.3, -0.25) is 0 Å². The van der Waals surface area contributed by atoms with Gasteiger partial charge in [0.05, 0.1) is 24.3 Å². The maximum absolute atomic E-state index is 12.7. The lowest BCUT2D eigenvalue weighted by Gasteiger charge is -2.17. The fourth-order valence-corrected chi connectivity index (χ4v) is 4.21. The fraction of sp³-hybridized carbons (Fsp3) is 0.310. The predicted octanol–water partition coefficient (Wildman–Crippen LogP) is 4.36. The summed E-state index contributed by atoms with van der Waals surface area (Å²) in [6, 6.07) is 21.3. The maximum atomic E-state index is 12.7. The molecule has 8 heteroatoms.